The molecule has 0 heterocycles. The van der Waals surface area contributed by atoms with Crippen LogP contribution in [0, 0.1) is 22.7 Å². The molecule has 0 atom stereocenters. The molecule has 6 aromatic rings. The summed E-state index contributed by atoms with van der Waals surface area (Å²) in [5.41, 5.74) is -1.62. The van der Waals surface area contributed by atoms with Crippen LogP contribution in [0.2, 0.25) is 0 Å². The van der Waals surface area contributed by atoms with Gasteiger partial charge in [-0.05, 0) is 43.1 Å². The number of benzene rings is 6. The largest absolute Gasteiger partial charge is 0.465 e. The molecule has 0 aliphatic carbocycles. The van der Waals surface area contributed by atoms with Crippen molar-refractivity contribution in [3.63, 3.8) is 0 Å². The van der Waals surface area contributed by atoms with Gasteiger partial charge in [0.25, 0.3) is 0 Å². The van der Waals surface area contributed by atoms with Gasteiger partial charge in [0.15, 0.2) is 11.1 Å². The number of hydrogen-bond acceptors (Lipinski definition) is 14. The Kier molecular flexibility index (Phi) is 12.3. The molecule has 0 N–H and O–H groups in total. The molecule has 14 nitrogen and oxygen atoms in total. The summed E-state index contributed by atoms with van der Waals surface area (Å²) >= 11 is 0. The van der Waals surface area contributed by atoms with Crippen molar-refractivity contribution in [2.24, 2.45) is 0 Å². The molecule has 60 heavy (non-hydrogen) atoms. The van der Waals surface area contributed by atoms with Crippen LogP contribution in [-0.2, 0) is 57.2 Å². The minimum Gasteiger partial charge on any atom is -0.465 e. The number of nitrogens with zero attached hydrogens (tertiary/aromatic N) is 2. The zero-order valence-electron chi connectivity index (χ0n) is 32.4. The first-order valence-corrected chi connectivity index (χ1v) is 17.9. The van der Waals surface area contributed by atoms with Crippen molar-refractivity contribution in [1.82, 2.24) is 0 Å². The molecule has 6 aromatic carbocycles. The highest BCUT2D eigenvalue weighted by Crippen LogP contribution is 2.20. The van der Waals surface area contributed by atoms with E-state index in [4.69, 9.17) is 28.4 Å². The summed E-state index contributed by atoms with van der Waals surface area (Å²) in [6.07, 6.45) is 0. The average molecular weight is 805 g/mol. The summed E-state index contributed by atoms with van der Waals surface area (Å²) < 4.78 is 30.6. The van der Waals surface area contributed by atoms with Crippen LogP contribution in [0.4, 0.5) is 0 Å². The maximum Gasteiger partial charge on any atom is 0.349 e. The van der Waals surface area contributed by atoms with Crippen molar-refractivity contribution in [2.75, 3.05) is 41.7 Å². The molecule has 0 amide bonds. The SMILES string of the molecule is COC(=O)C(C(=O)OC)=c1c2ccccc2c(=C(C#N)C(=O)OCCOC(=O)C(C#N)=c2c3ccccc3c(=C(C(=O)OC)C(=O)OC)c3ccccc23)c2ccccc12. The predicted molar refractivity (Wildman–Crippen MR) is 216 cm³/mol. The van der Waals surface area contributed by atoms with Crippen molar-refractivity contribution in [3.8, 4) is 12.1 Å². The molecular formula is C46H32N2O12. The molecule has 0 aliphatic heterocycles. The van der Waals surface area contributed by atoms with E-state index in [2.05, 4.69) is 0 Å². The number of carbonyl (C=O) groups excluding carboxylic acids is 6. The van der Waals surface area contributed by atoms with Gasteiger partial charge in [-0.25, -0.2) is 28.8 Å². The molecule has 0 aromatic heterocycles. The van der Waals surface area contributed by atoms with E-state index in [1.165, 1.54) is 0 Å². The third-order valence-electron chi connectivity index (χ3n) is 9.60. The highest BCUT2D eigenvalue weighted by atomic mass is 16.6. The minimum atomic E-state index is -1.07. The van der Waals surface area contributed by atoms with Crippen molar-refractivity contribution in [1.29, 1.82) is 10.5 Å². The Morgan fingerprint density at radius 3 is 0.800 bits per heavy atom. The fraction of sp³-hybridized carbons (Fsp3) is 0.130. The lowest BCUT2D eigenvalue weighted by Gasteiger charge is -2.12. The van der Waals surface area contributed by atoms with Crippen LogP contribution in [0.25, 0.3) is 65.4 Å². The Bertz CT molecular complexity index is 2810. The van der Waals surface area contributed by atoms with Crippen LogP contribution < -0.4 is 20.9 Å². The predicted octanol–water partition coefficient (Wildman–Crippen LogP) is 2.43. The smallest absolute Gasteiger partial charge is 0.349 e. The molecule has 0 saturated carbocycles. The van der Waals surface area contributed by atoms with Gasteiger partial charge in [-0.2, -0.15) is 10.5 Å². The molecule has 0 fully saturated rings. The minimum absolute atomic E-state index is 0.158. The molecule has 0 bridgehead atoms. The molecular weight excluding hydrogens is 773 g/mol. The third-order valence-corrected chi connectivity index (χ3v) is 9.60. The Labute approximate surface area is 339 Å². The van der Waals surface area contributed by atoms with E-state index < -0.39 is 71.3 Å². The molecule has 0 spiro atoms. The first-order valence-electron chi connectivity index (χ1n) is 17.9. The van der Waals surface area contributed by atoms with Crippen LogP contribution >= 0.6 is 0 Å². The van der Waals surface area contributed by atoms with E-state index in [1.807, 2.05) is 12.1 Å². The van der Waals surface area contributed by atoms with E-state index in [-0.39, 0.29) is 20.9 Å². The normalized spacial score (nSPS) is 10.5. The second-order valence-electron chi connectivity index (χ2n) is 12.6. The van der Waals surface area contributed by atoms with Crippen molar-refractivity contribution < 1.29 is 57.2 Å². The number of rotatable bonds is 9. The first kappa shape index (κ1) is 41.3. The highest BCUT2D eigenvalue weighted by molar-refractivity contribution is 6.39. The summed E-state index contributed by atoms with van der Waals surface area (Å²) in [4.78, 5) is 79.2. The lowest BCUT2D eigenvalue weighted by Crippen LogP contribution is -2.28. The van der Waals surface area contributed by atoms with Gasteiger partial charge < -0.3 is 28.4 Å². The zero-order valence-corrected chi connectivity index (χ0v) is 32.4. The summed E-state index contributed by atoms with van der Waals surface area (Å²) in [5.74, 6) is -5.96. The standard InChI is InChI=1S/C46H32N2O12/c1-55-43(51)39(44(52)56-2)37-29-17-9-5-13-25(29)35(26-14-6-10-18-30(26)37)33(23-47)41(49)59-21-22-60-42(50)34(24-48)36-27-15-7-11-19-31(27)38(32-20-12-8-16-28(32)36)40(45(53)57-3)46(54)58-4/h5-20H,21-22H2,1-4H3. The molecule has 14 heteroatoms. The molecule has 6 rings (SSSR count). The van der Waals surface area contributed by atoms with Crippen LogP contribution in [0.5, 0.6) is 0 Å². The molecule has 0 saturated heterocycles. The summed E-state index contributed by atoms with van der Waals surface area (Å²) in [5, 5.41) is 24.1. The van der Waals surface area contributed by atoms with Gasteiger partial charge in [0.1, 0.15) is 36.5 Å². The molecule has 0 aliphatic rings. The number of fused-ring (bicyclic) bond motifs is 4. The van der Waals surface area contributed by atoms with Crippen molar-refractivity contribution in [2.45, 2.75) is 0 Å². The summed E-state index contributed by atoms with van der Waals surface area (Å²) in [7, 11) is 4.48. The second kappa shape index (κ2) is 17.8. The van der Waals surface area contributed by atoms with Gasteiger partial charge in [-0.1, -0.05) is 97.1 Å². The number of nitriles is 2. The van der Waals surface area contributed by atoms with Crippen LogP contribution in [0.15, 0.2) is 97.1 Å². The van der Waals surface area contributed by atoms with Gasteiger partial charge in [0, 0.05) is 20.9 Å². The Balaban J connectivity index is 1.42. The van der Waals surface area contributed by atoms with E-state index in [0.717, 1.165) is 28.4 Å². The zero-order chi connectivity index (χ0) is 43.1. The van der Waals surface area contributed by atoms with E-state index in [0.29, 0.717) is 43.1 Å². The highest BCUT2D eigenvalue weighted by Gasteiger charge is 2.27. The molecule has 0 unspecified atom stereocenters. The quantitative estimate of drug-likeness (QED) is 0.0677. The maximum atomic E-state index is 13.7. The Morgan fingerprint density at radius 2 is 0.600 bits per heavy atom. The fourth-order valence-electron chi connectivity index (χ4n) is 7.14. The van der Waals surface area contributed by atoms with Crippen molar-refractivity contribution >= 4 is 101 Å². The fourth-order valence-corrected chi connectivity index (χ4v) is 7.14. The number of ether oxygens (including phenoxy) is 6. The molecule has 0 radical (unpaired) electrons. The average Bonchev–Trinajstić information content (AvgIpc) is 3.28. The third kappa shape index (κ3) is 7.32. The van der Waals surface area contributed by atoms with Gasteiger partial charge in [0.05, 0.1) is 28.4 Å². The van der Waals surface area contributed by atoms with Gasteiger partial charge in [-0.15, -0.1) is 0 Å². The number of carbonyl (C=O) groups is 6. The maximum absolute atomic E-state index is 13.7. The van der Waals surface area contributed by atoms with Gasteiger partial charge >= 0.3 is 35.8 Å². The second-order valence-corrected chi connectivity index (χ2v) is 12.6. The molecule has 298 valence electrons. The van der Waals surface area contributed by atoms with Gasteiger partial charge in [-0.3, -0.25) is 0 Å². The van der Waals surface area contributed by atoms with Crippen molar-refractivity contribution in [3.05, 3.63) is 118 Å². The first-order chi connectivity index (χ1) is 29.1. The van der Waals surface area contributed by atoms with Crippen LogP contribution in [0.1, 0.15) is 0 Å². The van der Waals surface area contributed by atoms with Gasteiger partial charge in [0.2, 0.25) is 0 Å². The Hall–Kier alpha value is -8.36. The van der Waals surface area contributed by atoms with E-state index in [1.54, 1.807) is 97.1 Å². The monoisotopic (exact) mass is 804 g/mol. The number of hydrogen-bond donors (Lipinski definition) is 0. The lowest BCUT2D eigenvalue weighted by atomic mass is 9.93. The Morgan fingerprint density at radius 1 is 0.383 bits per heavy atom. The van der Waals surface area contributed by atoms with E-state index >= 15 is 0 Å². The van der Waals surface area contributed by atoms with E-state index in [9.17, 15) is 39.3 Å². The van der Waals surface area contributed by atoms with Crippen LogP contribution in [-0.4, -0.2) is 77.5 Å². The summed E-state index contributed by atoms with van der Waals surface area (Å²) in [6, 6.07) is 30.0. The lowest BCUT2D eigenvalue weighted by molar-refractivity contribution is -0.144. The topological polar surface area (TPSA) is 205 Å². The number of methoxy groups -OCH3 is 4. The summed E-state index contributed by atoms with van der Waals surface area (Å²) in [6.45, 7) is -1.05. The van der Waals surface area contributed by atoms with Crippen LogP contribution in [0.3, 0.4) is 0 Å². The number of esters is 6.